The van der Waals surface area contributed by atoms with Gasteiger partial charge in [0.2, 0.25) is 5.95 Å². The molecule has 0 atom stereocenters. The van der Waals surface area contributed by atoms with Crippen LogP contribution >= 0.6 is 0 Å². The van der Waals surface area contributed by atoms with E-state index in [9.17, 15) is 17.6 Å². The molecule has 1 aliphatic rings. The predicted octanol–water partition coefficient (Wildman–Crippen LogP) is 4.46. The van der Waals surface area contributed by atoms with Crippen LogP contribution in [-0.4, -0.2) is 51.0 Å². The fraction of sp³-hybridized carbons (Fsp3) is 0.217. The standard InChI is InChI=1S/C23H19F4N7O/c24-16-11-15(12-19(13-16)33-7-9-35-10-8-33)20-5-6-28-22(31-20)30-17-1-3-18(4-2-17)34-14-29-21(32-34)23(25,26)27/h1-6,11-14H,7-10H2,(H,28,30,31). The largest absolute Gasteiger partial charge is 0.453 e. The van der Waals surface area contributed by atoms with Gasteiger partial charge in [-0.15, -0.1) is 5.10 Å². The van der Waals surface area contributed by atoms with E-state index in [0.717, 1.165) is 16.7 Å². The van der Waals surface area contributed by atoms with Gasteiger partial charge in [-0.05, 0) is 48.5 Å². The highest BCUT2D eigenvalue weighted by Gasteiger charge is 2.35. The number of aromatic nitrogens is 5. The Morgan fingerprint density at radius 2 is 1.69 bits per heavy atom. The van der Waals surface area contributed by atoms with E-state index in [1.807, 2.05) is 6.07 Å². The van der Waals surface area contributed by atoms with Crippen molar-refractivity contribution in [2.75, 3.05) is 36.5 Å². The molecule has 2 aromatic carbocycles. The molecule has 180 valence electrons. The molecule has 0 amide bonds. The fourth-order valence-electron chi connectivity index (χ4n) is 3.65. The van der Waals surface area contributed by atoms with Crippen molar-refractivity contribution in [3.05, 3.63) is 72.7 Å². The second-order valence-corrected chi connectivity index (χ2v) is 7.75. The lowest BCUT2D eigenvalue weighted by Gasteiger charge is -2.29. The topological polar surface area (TPSA) is 81.0 Å². The van der Waals surface area contributed by atoms with E-state index in [1.54, 1.807) is 36.5 Å². The van der Waals surface area contributed by atoms with Gasteiger partial charge in [-0.1, -0.05) is 0 Å². The van der Waals surface area contributed by atoms with Crippen molar-refractivity contribution >= 4 is 17.3 Å². The van der Waals surface area contributed by atoms with Crippen molar-refractivity contribution in [3.8, 4) is 16.9 Å². The smallest absolute Gasteiger partial charge is 0.378 e. The minimum atomic E-state index is -4.61. The zero-order chi connectivity index (χ0) is 24.4. The Morgan fingerprint density at radius 1 is 0.914 bits per heavy atom. The van der Waals surface area contributed by atoms with Crippen molar-refractivity contribution in [2.24, 2.45) is 0 Å². The first-order chi connectivity index (χ1) is 16.8. The van der Waals surface area contributed by atoms with Crippen LogP contribution in [0.25, 0.3) is 16.9 Å². The maximum atomic E-state index is 14.4. The van der Waals surface area contributed by atoms with Gasteiger partial charge in [0.15, 0.2) is 0 Å². The van der Waals surface area contributed by atoms with E-state index in [-0.39, 0.29) is 11.8 Å². The first-order valence-corrected chi connectivity index (χ1v) is 10.7. The van der Waals surface area contributed by atoms with E-state index >= 15 is 0 Å². The van der Waals surface area contributed by atoms with E-state index in [0.29, 0.717) is 48.9 Å². The van der Waals surface area contributed by atoms with E-state index in [4.69, 9.17) is 4.74 Å². The van der Waals surface area contributed by atoms with Crippen molar-refractivity contribution in [3.63, 3.8) is 0 Å². The van der Waals surface area contributed by atoms with Gasteiger partial charge in [0.05, 0.1) is 24.6 Å². The number of halogens is 4. The molecule has 12 heteroatoms. The average molecular weight is 485 g/mol. The first-order valence-electron chi connectivity index (χ1n) is 10.7. The van der Waals surface area contributed by atoms with Gasteiger partial charge in [0.1, 0.15) is 12.1 Å². The number of hydrogen-bond acceptors (Lipinski definition) is 7. The van der Waals surface area contributed by atoms with E-state index in [2.05, 4.69) is 30.3 Å². The van der Waals surface area contributed by atoms with Crippen molar-refractivity contribution in [2.45, 2.75) is 6.18 Å². The van der Waals surface area contributed by atoms with Crippen LogP contribution in [0.1, 0.15) is 5.82 Å². The Balaban J connectivity index is 1.33. The first kappa shape index (κ1) is 22.7. The average Bonchev–Trinajstić information content (AvgIpc) is 3.36. The second-order valence-electron chi connectivity index (χ2n) is 7.75. The summed E-state index contributed by atoms with van der Waals surface area (Å²) in [5.41, 5.74) is 2.92. The second kappa shape index (κ2) is 9.29. The minimum absolute atomic E-state index is 0.285. The summed E-state index contributed by atoms with van der Waals surface area (Å²) in [6.45, 7) is 2.54. The molecule has 1 N–H and O–H groups in total. The number of hydrogen-bond donors (Lipinski definition) is 1. The molecule has 1 aliphatic heterocycles. The SMILES string of the molecule is Fc1cc(-c2ccnc(Nc3ccc(-n4cnc(C(F)(F)F)n4)cc3)n2)cc(N2CCOCC2)c1. The third-order valence-corrected chi connectivity index (χ3v) is 5.34. The van der Waals surface area contributed by atoms with Crippen LogP contribution in [0.2, 0.25) is 0 Å². The highest BCUT2D eigenvalue weighted by molar-refractivity contribution is 5.67. The van der Waals surface area contributed by atoms with Crippen molar-refractivity contribution < 1.29 is 22.3 Å². The molecular formula is C23H19F4N7O. The molecule has 1 saturated heterocycles. The third kappa shape index (κ3) is 5.22. The molecule has 0 spiro atoms. The molecule has 4 aromatic rings. The highest BCUT2D eigenvalue weighted by atomic mass is 19.4. The number of morpholine rings is 1. The third-order valence-electron chi connectivity index (χ3n) is 5.34. The van der Waals surface area contributed by atoms with Crippen LogP contribution in [0.4, 0.5) is 34.9 Å². The van der Waals surface area contributed by atoms with Gasteiger partial charge in [-0.25, -0.2) is 24.0 Å². The van der Waals surface area contributed by atoms with E-state index in [1.165, 1.54) is 12.1 Å². The van der Waals surface area contributed by atoms with Crippen LogP contribution in [0.15, 0.2) is 61.1 Å². The van der Waals surface area contributed by atoms with Gasteiger partial charge in [-0.3, -0.25) is 0 Å². The summed E-state index contributed by atoms with van der Waals surface area (Å²) in [7, 11) is 0. The number of nitrogens with one attached hydrogen (secondary N) is 1. The summed E-state index contributed by atoms with van der Waals surface area (Å²) < 4.78 is 59.0. The Morgan fingerprint density at radius 3 is 2.40 bits per heavy atom. The number of benzene rings is 2. The Kier molecular flexibility index (Phi) is 6.03. The number of rotatable bonds is 5. The number of alkyl halides is 3. The molecule has 2 aromatic heterocycles. The molecule has 1 fully saturated rings. The van der Waals surface area contributed by atoms with Gasteiger partial charge in [0.25, 0.3) is 5.82 Å². The summed E-state index contributed by atoms with van der Waals surface area (Å²) >= 11 is 0. The lowest BCUT2D eigenvalue weighted by atomic mass is 10.1. The lowest BCUT2D eigenvalue weighted by molar-refractivity contribution is -0.144. The lowest BCUT2D eigenvalue weighted by Crippen LogP contribution is -2.36. The van der Waals surface area contributed by atoms with Crippen molar-refractivity contribution in [1.82, 2.24) is 24.7 Å². The summed E-state index contributed by atoms with van der Waals surface area (Å²) in [6, 6.07) is 12.9. The molecule has 0 aliphatic carbocycles. The van der Waals surface area contributed by atoms with Crippen LogP contribution in [0.3, 0.4) is 0 Å². The van der Waals surface area contributed by atoms with Gasteiger partial charge >= 0.3 is 6.18 Å². The fourth-order valence-corrected chi connectivity index (χ4v) is 3.65. The molecule has 0 bridgehead atoms. The summed E-state index contributed by atoms with van der Waals surface area (Å²) in [5, 5.41) is 6.50. The maximum absolute atomic E-state index is 14.4. The predicted molar refractivity (Wildman–Crippen MR) is 120 cm³/mol. The van der Waals surface area contributed by atoms with Gasteiger partial charge in [0, 0.05) is 36.2 Å². The monoisotopic (exact) mass is 485 g/mol. The Hall–Kier alpha value is -4.06. The van der Waals surface area contributed by atoms with E-state index < -0.39 is 12.0 Å². The van der Waals surface area contributed by atoms with Crippen LogP contribution in [0.5, 0.6) is 0 Å². The molecule has 0 radical (unpaired) electrons. The van der Waals surface area contributed by atoms with Crippen LogP contribution in [0, 0.1) is 5.82 Å². The quantitative estimate of drug-likeness (QED) is 0.418. The minimum Gasteiger partial charge on any atom is -0.378 e. The highest BCUT2D eigenvalue weighted by Crippen LogP contribution is 2.28. The zero-order valence-corrected chi connectivity index (χ0v) is 18.2. The van der Waals surface area contributed by atoms with Crippen LogP contribution in [-0.2, 0) is 10.9 Å². The zero-order valence-electron chi connectivity index (χ0n) is 18.2. The summed E-state index contributed by atoms with van der Waals surface area (Å²) in [4.78, 5) is 14.1. The number of anilines is 3. The number of nitrogens with zero attached hydrogens (tertiary/aromatic N) is 6. The molecule has 8 nitrogen and oxygen atoms in total. The molecule has 3 heterocycles. The molecule has 35 heavy (non-hydrogen) atoms. The summed E-state index contributed by atoms with van der Waals surface area (Å²) in [6.07, 6.45) is -2.05. The normalized spacial score (nSPS) is 14.2. The van der Waals surface area contributed by atoms with Gasteiger partial charge in [-0.2, -0.15) is 13.2 Å². The van der Waals surface area contributed by atoms with Gasteiger partial charge < -0.3 is 15.0 Å². The summed E-state index contributed by atoms with van der Waals surface area (Å²) in [5.74, 6) is -1.29. The Labute approximate surface area is 197 Å². The molecule has 5 rings (SSSR count). The molecule has 0 unspecified atom stereocenters. The molecular weight excluding hydrogens is 466 g/mol. The molecule has 0 saturated carbocycles. The maximum Gasteiger partial charge on any atom is 0.453 e. The Bertz CT molecular complexity index is 1320. The van der Waals surface area contributed by atoms with Crippen LogP contribution < -0.4 is 10.2 Å². The number of ether oxygens (including phenoxy) is 1. The van der Waals surface area contributed by atoms with Crippen molar-refractivity contribution in [1.29, 1.82) is 0 Å².